The molecule has 1 saturated heterocycles. The lowest BCUT2D eigenvalue weighted by atomic mass is 10.2. The van der Waals surface area contributed by atoms with Crippen molar-refractivity contribution in [2.45, 2.75) is 4.90 Å². The molecule has 1 fully saturated rings. The van der Waals surface area contributed by atoms with E-state index in [-0.39, 0.29) is 5.91 Å². The van der Waals surface area contributed by atoms with Gasteiger partial charge in [0.05, 0.1) is 11.3 Å². The average Bonchev–Trinajstić information content (AvgIpc) is 2.82. The van der Waals surface area contributed by atoms with E-state index < -0.39 is 10.0 Å². The fourth-order valence-corrected chi connectivity index (χ4v) is 5.55. The molecule has 0 saturated carbocycles. The van der Waals surface area contributed by atoms with Gasteiger partial charge in [-0.05, 0) is 23.8 Å². The second kappa shape index (κ2) is 9.64. The van der Waals surface area contributed by atoms with Crippen LogP contribution >= 0.6 is 11.8 Å². The van der Waals surface area contributed by atoms with Gasteiger partial charge in [-0.25, -0.2) is 8.42 Å². The summed E-state index contributed by atoms with van der Waals surface area (Å²) in [6, 6.07) is 19.1. The highest BCUT2D eigenvalue weighted by Gasteiger charge is 2.27. The van der Waals surface area contributed by atoms with Crippen molar-refractivity contribution >= 4 is 44.7 Å². The summed E-state index contributed by atoms with van der Waals surface area (Å²) < 4.78 is 26.6. The number of carbonyl (C=O) groups excluding carboxylic acids is 1. The maximum absolute atomic E-state index is 12.7. The van der Waals surface area contributed by atoms with E-state index in [1.807, 2.05) is 60.7 Å². The molecule has 160 valence electrons. The highest BCUT2D eigenvalue weighted by Crippen LogP contribution is 2.26. The summed E-state index contributed by atoms with van der Waals surface area (Å²) in [5, 5.41) is 2.27. The summed E-state index contributed by atoms with van der Waals surface area (Å²) >= 11 is 1.49. The quantitative estimate of drug-likeness (QED) is 0.535. The molecular formula is C23H23N3O3S2. The third-order valence-corrected chi connectivity index (χ3v) is 7.77. The fraction of sp³-hybridized carbons (Fsp3) is 0.217. The van der Waals surface area contributed by atoms with Crippen molar-refractivity contribution in [3.05, 3.63) is 77.8 Å². The van der Waals surface area contributed by atoms with Crippen molar-refractivity contribution in [2.75, 3.05) is 31.9 Å². The van der Waals surface area contributed by atoms with Gasteiger partial charge in [0.15, 0.2) is 0 Å². The van der Waals surface area contributed by atoms with Crippen molar-refractivity contribution in [3.8, 4) is 0 Å². The van der Waals surface area contributed by atoms with E-state index in [0.717, 1.165) is 21.4 Å². The lowest BCUT2D eigenvalue weighted by molar-refractivity contribution is -0.129. The van der Waals surface area contributed by atoms with Crippen LogP contribution in [-0.4, -0.2) is 60.4 Å². The van der Waals surface area contributed by atoms with Crippen LogP contribution in [0.4, 0.5) is 0 Å². The van der Waals surface area contributed by atoms with Gasteiger partial charge >= 0.3 is 0 Å². The molecule has 4 rings (SSSR count). The Morgan fingerprint density at radius 3 is 2.45 bits per heavy atom. The highest BCUT2D eigenvalue weighted by atomic mass is 32.2. The second-order valence-electron chi connectivity index (χ2n) is 7.15. The van der Waals surface area contributed by atoms with E-state index in [4.69, 9.17) is 0 Å². The third kappa shape index (κ3) is 5.33. The molecule has 1 aliphatic heterocycles. The molecular weight excluding hydrogens is 430 g/mol. The molecule has 3 aromatic rings. The third-order valence-electron chi connectivity index (χ3n) is 5.14. The number of thioether (sulfide) groups is 1. The first-order valence-electron chi connectivity index (χ1n) is 10.0. The summed E-state index contributed by atoms with van der Waals surface area (Å²) in [4.78, 5) is 19.8. The molecule has 0 unspecified atom stereocenters. The molecule has 31 heavy (non-hydrogen) atoms. The van der Waals surface area contributed by atoms with Crippen LogP contribution in [0.2, 0.25) is 0 Å². The summed E-state index contributed by atoms with van der Waals surface area (Å²) in [7, 11) is -3.51. The Morgan fingerprint density at radius 2 is 1.68 bits per heavy atom. The molecule has 8 heteroatoms. The molecule has 0 spiro atoms. The van der Waals surface area contributed by atoms with Crippen LogP contribution in [0.25, 0.3) is 17.0 Å². The van der Waals surface area contributed by atoms with Crippen molar-refractivity contribution < 1.29 is 13.2 Å². The normalized spacial score (nSPS) is 15.5. The van der Waals surface area contributed by atoms with Crippen molar-refractivity contribution in [1.29, 1.82) is 0 Å². The first-order chi connectivity index (χ1) is 15.0. The van der Waals surface area contributed by atoms with Gasteiger partial charge in [-0.15, -0.1) is 11.8 Å². The number of hydrogen-bond donors (Lipinski definition) is 0. The van der Waals surface area contributed by atoms with Crippen LogP contribution in [0.5, 0.6) is 0 Å². The number of hydrogen-bond acceptors (Lipinski definition) is 5. The summed E-state index contributed by atoms with van der Waals surface area (Å²) in [5.41, 5.74) is 1.74. The van der Waals surface area contributed by atoms with Crippen LogP contribution < -0.4 is 0 Å². The van der Waals surface area contributed by atoms with E-state index >= 15 is 0 Å². The number of piperazine rings is 1. The van der Waals surface area contributed by atoms with E-state index in [2.05, 4.69) is 4.98 Å². The van der Waals surface area contributed by atoms with Gasteiger partial charge < -0.3 is 4.90 Å². The predicted octanol–water partition coefficient (Wildman–Crippen LogP) is 3.47. The second-order valence-corrected chi connectivity index (χ2v) is 9.99. The molecule has 6 nitrogen and oxygen atoms in total. The molecule has 1 aliphatic rings. The Hall–Kier alpha value is -2.68. The smallest absolute Gasteiger partial charge is 0.236 e. The number of para-hydroxylation sites is 1. The van der Waals surface area contributed by atoms with Gasteiger partial charge in [0, 0.05) is 48.1 Å². The van der Waals surface area contributed by atoms with E-state index in [1.54, 1.807) is 17.2 Å². The first kappa shape index (κ1) is 21.5. The van der Waals surface area contributed by atoms with Gasteiger partial charge in [-0.1, -0.05) is 48.5 Å². The number of pyridine rings is 1. The Labute approximate surface area is 186 Å². The predicted molar refractivity (Wildman–Crippen MR) is 125 cm³/mol. The molecule has 0 N–H and O–H groups in total. The van der Waals surface area contributed by atoms with Gasteiger partial charge in [0.25, 0.3) is 0 Å². The number of fused-ring (bicyclic) bond motifs is 1. The number of carbonyl (C=O) groups is 1. The Morgan fingerprint density at radius 1 is 0.968 bits per heavy atom. The Balaban J connectivity index is 1.32. The monoisotopic (exact) mass is 453 g/mol. The molecule has 0 radical (unpaired) electrons. The fourth-order valence-electron chi connectivity index (χ4n) is 3.43. The number of amides is 1. The van der Waals surface area contributed by atoms with Crippen LogP contribution in [0.15, 0.2) is 77.2 Å². The minimum Gasteiger partial charge on any atom is -0.339 e. The van der Waals surface area contributed by atoms with E-state index in [0.29, 0.717) is 31.9 Å². The maximum Gasteiger partial charge on any atom is 0.236 e. The molecule has 0 atom stereocenters. The molecule has 2 aromatic carbocycles. The minimum absolute atomic E-state index is 0.0165. The van der Waals surface area contributed by atoms with Crippen LogP contribution in [0.3, 0.4) is 0 Å². The van der Waals surface area contributed by atoms with Crippen LogP contribution in [0, 0.1) is 0 Å². The van der Waals surface area contributed by atoms with Gasteiger partial charge in [-0.2, -0.15) is 4.31 Å². The molecule has 0 bridgehead atoms. The Kier molecular flexibility index (Phi) is 6.70. The lowest BCUT2D eigenvalue weighted by Gasteiger charge is -2.33. The zero-order chi connectivity index (χ0) is 21.7. The number of nitrogens with zero attached hydrogens (tertiary/aromatic N) is 3. The number of sulfonamides is 1. The standard InChI is InChI=1S/C23H23N3O3S2/c27-23(18-30-22-10-12-24-21-9-5-4-8-20(21)22)25-13-15-26(16-14-25)31(28,29)17-11-19-6-2-1-3-7-19/h1-12,17H,13-16,18H2/b17-11+. The zero-order valence-corrected chi connectivity index (χ0v) is 18.6. The SMILES string of the molecule is O=C(CSc1ccnc2ccccc12)N1CCN(S(=O)(=O)/C=C/c2ccccc2)CC1. The van der Waals surface area contributed by atoms with Crippen LogP contribution in [-0.2, 0) is 14.8 Å². The first-order valence-corrected chi connectivity index (χ1v) is 12.5. The van der Waals surface area contributed by atoms with Crippen LogP contribution in [0.1, 0.15) is 5.56 Å². The highest BCUT2D eigenvalue weighted by molar-refractivity contribution is 8.00. The van der Waals surface area contributed by atoms with Crippen molar-refractivity contribution in [1.82, 2.24) is 14.2 Å². The van der Waals surface area contributed by atoms with Gasteiger partial charge in [0.2, 0.25) is 15.9 Å². The molecule has 1 aromatic heterocycles. The largest absolute Gasteiger partial charge is 0.339 e. The summed E-state index contributed by atoms with van der Waals surface area (Å²) in [6.07, 6.45) is 3.35. The molecule has 1 amide bonds. The maximum atomic E-state index is 12.7. The Bertz CT molecular complexity index is 1180. The van der Waals surface area contributed by atoms with Gasteiger partial charge in [0.1, 0.15) is 0 Å². The lowest BCUT2D eigenvalue weighted by Crippen LogP contribution is -2.50. The minimum atomic E-state index is -3.51. The number of benzene rings is 2. The van der Waals surface area contributed by atoms with Crippen molar-refractivity contribution in [2.24, 2.45) is 0 Å². The van der Waals surface area contributed by atoms with E-state index in [1.165, 1.54) is 21.5 Å². The van der Waals surface area contributed by atoms with E-state index in [9.17, 15) is 13.2 Å². The van der Waals surface area contributed by atoms with Gasteiger partial charge in [-0.3, -0.25) is 9.78 Å². The summed E-state index contributed by atoms with van der Waals surface area (Å²) in [5.74, 6) is 0.331. The summed E-state index contributed by atoms with van der Waals surface area (Å²) in [6.45, 7) is 1.40. The average molecular weight is 454 g/mol. The topological polar surface area (TPSA) is 70.6 Å². The van der Waals surface area contributed by atoms with Crippen molar-refractivity contribution in [3.63, 3.8) is 0 Å². The zero-order valence-electron chi connectivity index (χ0n) is 16.9. The molecule has 2 heterocycles. The molecule has 0 aliphatic carbocycles. The number of aromatic nitrogens is 1. The number of rotatable bonds is 6.